The van der Waals surface area contributed by atoms with Crippen LogP contribution in [0.2, 0.25) is 0 Å². The molecular formula is C14H23N3O. The molecule has 0 saturated carbocycles. The Morgan fingerprint density at radius 2 is 2.06 bits per heavy atom. The number of nitrogens with zero attached hydrogens (tertiary/aromatic N) is 2. The van der Waals surface area contributed by atoms with E-state index in [1.165, 1.54) is 0 Å². The van der Waals surface area contributed by atoms with Crippen molar-refractivity contribution in [1.29, 1.82) is 0 Å². The van der Waals surface area contributed by atoms with Crippen molar-refractivity contribution >= 4 is 6.03 Å². The van der Waals surface area contributed by atoms with Gasteiger partial charge in [-0.05, 0) is 46.8 Å². The summed E-state index contributed by atoms with van der Waals surface area (Å²) in [6.45, 7) is 11.1. The van der Waals surface area contributed by atoms with E-state index in [2.05, 4.69) is 10.3 Å². The normalized spacial score (nSPS) is 11.2. The molecule has 0 radical (unpaired) electrons. The summed E-state index contributed by atoms with van der Waals surface area (Å²) in [5.41, 5.74) is 1.67. The van der Waals surface area contributed by atoms with E-state index in [1.54, 1.807) is 4.90 Å². The summed E-state index contributed by atoms with van der Waals surface area (Å²) in [5, 5.41) is 2.96. The van der Waals surface area contributed by atoms with Gasteiger partial charge in [0, 0.05) is 17.8 Å². The van der Waals surface area contributed by atoms with Gasteiger partial charge in [0.25, 0.3) is 0 Å². The van der Waals surface area contributed by atoms with E-state index >= 15 is 0 Å². The molecule has 1 N–H and O–H groups in total. The minimum atomic E-state index is -0.218. The van der Waals surface area contributed by atoms with Gasteiger partial charge in [-0.1, -0.05) is 6.07 Å². The lowest BCUT2D eigenvalue weighted by atomic mass is 10.1. The van der Waals surface area contributed by atoms with Crippen LogP contribution in [0.15, 0.2) is 18.2 Å². The maximum atomic E-state index is 12.1. The molecule has 4 nitrogen and oxygen atoms in total. The molecule has 100 valence electrons. The molecular weight excluding hydrogens is 226 g/mol. The molecule has 0 aromatic carbocycles. The number of hydrogen-bond donors (Lipinski definition) is 1. The molecule has 0 aliphatic heterocycles. The molecule has 1 rings (SSSR count). The highest BCUT2D eigenvalue weighted by atomic mass is 16.2. The summed E-state index contributed by atoms with van der Waals surface area (Å²) in [6.07, 6.45) is 0. The minimum Gasteiger partial charge on any atom is -0.333 e. The van der Waals surface area contributed by atoms with Crippen molar-refractivity contribution in [3.8, 4) is 0 Å². The van der Waals surface area contributed by atoms with Crippen LogP contribution in [0, 0.1) is 6.92 Å². The zero-order valence-electron chi connectivity index (χ0n) is 11.9. The monoisotopic (exact) mass is 249 g/mol. The summed E-state index contributed by atoms with van der Waals surface area (Å²) in [4.78, 5) is 18.2. The number of nitrogens with one attached hydrogen (secondary N) is 1. The number of carbonyl (C=O) groups excluding carboxylic acids is 1. The molecule has 0 atom stereocenters. The highest BCUT2D eigenvalue weighted by Gasteiger charge is 2.18. The van der Waals surface area contributed by atoms with Crippen LogP contribution in [-0.4, -0.2) is 28.0 Å². The number of amides is 2. The number of urea groups is 1. The van der Waals surface area contributed by atoms with Crippen molar-refractivity contribution in [2.24, 2.45) is 0 Å². The maximum Gasteiger partial charge on any atom is 0.318 e. The van der Waals surface area contributed by atoms with Crippen molar-refractivity contribution < 1.29 is 4.79 Å². The molecule has 18 heavy (non-hydrogen) atoms. The van der Waals surface area contributed by atoms with Crippen molar-refractivity contribution in [3.05, 3.63) is 29.6 Å². The van der Waals surface area contributed by atoms with Crippen molar-refractivity contribution in [1.82, 2.24) is 15.2 Å². The van der Waals surface area contributed by atoms with E-state index in [1.807, 2.05) is 52.8 Å². The third-order valence-electron chi connectivity index (χ3n) is 2.45. The molecule has 0 unspecified atom stereocenters. The van der Waals surface area contributed by atoms with E-state index in [-0.39, 0.29) is 11.6 Å². The van der Waals surface area contributed by atoms with Crippen LogP contribution in [0.4, 0.5) is 4.79 Å². The number of aromatic nitrogens is 1. The lowest BCUT2D eigenvalue weighted by Crippen LogP contribution is -2.48. The molecule has 0 aliphatic carbocycles. The van der Waals surface area contributed by atoms with Gasteiger partial charge in [-0.3, -0.25) is 4.98 Å². The summed E-state index contributed by atoms with van der Waals surface area (Å²) in [5.74, 6) is 0. The third kappa shape index (κ3) is 4.73. The smallest absolute Gasteiger partial charge is 0.318 e. The Labute approximate surface area is 109 Å². The molecule has 2 amide bonds. The van der Waals surface area contributed by atoms with Gasteiger partial charge in [0.1, 0.15) is 0 Å². The number of aryl methyl sites for hydroxylation is 1. The minimum absolute atomic E-state index is 0.0479. The lowest BCUT2D eigenvalue weighted by molar-refractivity contribution is 0.188. The number of hydrogen-bond acceptors (Lipinski definition) is 2. The molecule has 1 heterocycles. The zero-order chi connectivity index (χ0) is 13.8. The summed E-state index contributed by atoms with van der Waals surface area (Å²) in [6, 6.07) is 5.82. The average Bonchev–Trinajstić information content (AvgIpc) is 2.23. The maximum absolute atomic E-state index is 12.1. The van der Waals surface area contributed by atoms with E-state index in [9.17, 15) is 4.79 Å². The first kappa shape index (κ1) is 14.5. The fourth-order valence-corrected chi connectivity index (χ4v) is 1.61. The first-order valence-electron chi connectivity index (χ1n) is 6.31. The molecule has 0 aliphatic rings. The van der Waals surface area contributed by atoms with Gasteiger partial charge in [0.05, 0.1) is 12.2 Å². The van der Waals surface area contributed by atoms with Crippen molar-refractivity contribution in [2.45, 2.75) is 46.7 Å². The molecule has 0 saturated heterocycles. The van der Waals surface area contributed by atoms with Crippen molar-refractivity contribution in [2.75, 3.05) is 6.54 Å². The quantitative estimate of drug-likeness (QED) is 0.895. The molecule has 0 bridgehead atoms. The summed E-state index contributed by atoms with van der Waals surface area (Å²) >= 11 is 0. The van der Waals surface area contributed by atoms with Crippen LogP contribution >= 0.6 is 0 Å². The standard InChI is InChI=1S/C14H23N3O/c1-6-17(13(18)16-14(3,4)5)10-12-9-7-8-11(2)15-12/h7-9H,6,10H2,1-5H3,(H,16,18). The zero-order valence-corrected chi connectivity index (χ0v) is 11.9. The topological polar surface area (TPSA) is 45.2 Å². The number of rotatable bonds is 3. The Morgan fingerprint density at radius 1 is 1.39 bits per heavy atom. The second kappa shape index (κ2) is 5.85. The Balaban J connectivity index is 2.70. The fourth-order valence-electron chi connectivity index (χ4n) is 1.61. The van der Waals surface area contributed by atoms with Crippen LogP contribution in [0.5, 0.6) is 0 Å². The van der Waals surface area contributed by atoms with Gasteiger partial charge >= 0.3 is 6.03 Å². The van der Waals surface area contributed by atoms with Crippen LogP contribution in [0.25, 0.3) is 0 Å². The van der Waals surface area contributed by atoms with Crippen LogP contribution < -0.4 is 5.32 Å². The van der Waals surface area contributed by atoms with Gasteiger partial charge in [0.15, 0.2) is 0 Å². The SMILES string of the molecule is CCN(Cc1cccc(C)n1)C(=O)NC(C)(C)C. The van der Waals surface area contributed by atoms with Crippen LogP contribution in [-0.2, 0) is 6.54 Å². The highest BCUT2D eigenvalue weighted by Crippen LogP contribution is 2.06. The molecule has 1 aromatic heterocycles. The van der Waals surface area contributed by atoms with Gasteiger partial charge in [0.2, 0.25) is 0 Å². The first-order valence-corrected chi connectivity index (χ1v) is 6.31. The highest BCUT2D eigenvalue weighted by molar-refractivity contribution is 5.74. The van der Waals surface area contributed by atoms with Gasteiger partial charge in [-0.15, -0.1) is 0 Å². The number of carbonyl (C=O) groups is 1. The Morgan fingerprint density at radius 3 is 2.56 bits per heavy atom. The van der Waals surface area contributed by atoms with E-state index in [0.717, 1.165) is 11.4 Å². The lowest BCUT2D eigenvalue weighted by Gasteiger charge is -2.27. The van der Waals surface area contributed by atoms with E-state index in [4.69, 9.17) is 0 Å². The third-order valence-corrected chi connectivity index (χ3v) is 2.45. The Kier molecular flexibility index (Phi) is 4.70. The first-order chi connectivity index (χ1) is 8.31. The summed E-state index contributed by atoms with van der Waals surface area (Å²) in [7, 11) is 0. The largest absolute Gasteiger partial charge is 0.333 e. The fraction of sp³-hybridized carbons (Fsp3) is 0.571. The molecule has 4 heteroatoms. The molecule has 0 spiro atoms. The van der Waals surface area contributed by atoms with Crippen LogP contribution in [0.3, 0.4) is 0 Å². The summed E-state index contributed by atoms with van der Waals surface area (Å²) < 4.78 is 0. The van der Waals surface area contributed by atoms with Gasteiger partial charge in [-0.25, -0.2) is 4.79 Å². The Hall–Kier alpha value is -1.58. The van der Waals surface area contributed by atoms with E-state index < -0.39 is 0 Å². The van der Waals surface area contributed by atoms with Crippen molar-refractivity contribution in [3.63, 3.8) is 0 Å². The molecule has 0 fully saturated rings. The second-order valence-corrected chi connectivity index (χ2v) is 5.46. The predicted octanol–water partition coefficient (Wildman–Crippen LogP) is 2.72. The van der Waals surface area contributed by atoms with E-state index in [0.29, 0.717) is 13.1 Å². The van der Waals surface area contributed by atoms with Gasteiger partial charge < -0.3 is 10.2 Å². The van der Waals surface area contributed by atoms with Gasteiger partial charge in [-0.2, -0.15) is 0 Å². The predicted molar refractivity (Wildman–Crippen MR) is 73.3 cm³/mol. The molecule has 1 aromatic rings. The Bertz CT molecular complexity index is 410. The van der Waals surface area contributed by atoms with Crippen LogP contribution in [0.1, 0.15) is 39.1 Å². The second-order valence-electron chi connectivity index (χ2n) is 5.46. The average molecular weight is 249 g/mol. The number of pyridine rings is 1.